The van der Waals surface area contributed by atoms with Crippen molar-refractivity contribution in [3.05, 3.63) is 33.8 Å². The van der Waals surface area contributed by atoms with Gasteiger partial charge in [-0.3, -0.25) is 4.79 Å². The monoisotopic (exact) mass is 317 g/mol. The number of benzene rings is 1. The quantitative estimate of drug-likeness (QED) is 0.772. The first-order chi connectivity index (χ1) is 8.66. The van der Waals surface area contributed by atoms with Gasteiger partial charge in [-0.25, -0.2) is 8.78 Å². The molecule has 1 aromatic rings. The lowest BCUT2D eigenvalue weighted by molar-refractivity contribution is -0.179. The molecule has 0 N–H and O–H groups in total. The van der Waals surface area contributed by atoms with Crippen LogP contribution in [-0.4, -0.2) is 30.2 Å². The number of nitrogens with zero attached hydrogens (tertiary/aromatic N) is 1. The molecule has 0 atom stereocenters. The Labute approximate surface area is 116 Å². The Kier molecular flexibility index (Phi) is 5.04. The summed E-state index contributed by atoms with van der Waals surface area (Å²) in [6.07, 6.45) is -4.05. The van der Waals surface area contributed by atoms with Gasteiger partial charge in [-0.15, -0.1) is 0 Å². The lowest BCUT2D eigenvalue weighted by Gasteiger charge is -2.23. The van der Waals surface area contributed by atoms with Crippen LogP contribution in [0.4, 0.5) is 17.6 Å². The van der Waals surface area contributed by atoms with Gasteiger partial charge in [0.2, 0.25) is 0 Å². The molecule has 1 amide bonds. The van der Waals surface area contributed by atoms with Crippen molar-refractivity contribution in [1.82, 2.24) is 4.90 Å². The molecule has 1 aromatic carbocycles. The Hall–Kier alpha value is -1.01. The van der Waals surface area contributed by atoms with Crippen LogP contribution in [0.15, 0.2) is 18.2 Å². The Morgan fingerprint density at radius 1 is 1.37 bits per heavy atom. The molecule has 8 heteroatoms. The highest BCUT2D eigenvalue weighted by atomic mass is 35.5. The van der Waals surface area contributed by atoms with Gasteiger partial charge >= 0.3 is 12.3 Å². The van der Waals surface area contributed by atoms with Crippen LogP contribution in [0, 0.1) is 0 Å². The molecule has 0 fully saturated rings. The van der Waals surface area contributed by atoms with Gasteiger partial charge in [-0.2, -0.15) is 8.78 Å². The van der Waals surface area contributed by atoms with Gasteiger partial charge in [0.25, 0.3) is 5.91 Å². The molecule has 0 radical (unpaired) electrons. The average Bonchev–Trinajstić information content (AvgIpc) is 2.31. The summed E-state index contributed by atoms with van der Waals surface area (Å²) in [5.74, 6) is -6.68. The third kappa shape index (κ3) is 3.73. The predicted octanol–water partition coefficient (Wildman–Crippen LogP) is 3.85. The summed E-state index contributed by atoms with van der Waals surface area (Å²) >= 11 is 11.4. The summed E-state index contributed by atoms with van der Waals surface area (Å²) in [4.78, 5) is 11.7. The lowest BCUT2D eigenvalue weighted by atomic mass is 10.2. The maximum absolute atomic E-state index is 12.9. The van der Waals surface area contributed by atoms with Crippen LogP contribution in [-0.2, 0) is 11.3 Å². The number of hydrogen-bond acceptors (Lipinski definition) is 1. The van der Waals surface area contributed by atoms with E-state index in [0.29, 0.717) is 15.5 Å². The van der Waals surface area contributed by atoms with Crippen molar-refractivity contribution in [3.8, 4) is 0 Å². The van der Waals surface area contributed by atoms with Crippen molar-refractivity contribution in [1.29, 1.82) is 0 Å². The summed E-state index contributed by atoms with van der Waals surface area (Å²) in [7, 11) is 0.990. The van der Waals surface area contributed by atoms with Crippen molar-refractivity contribution in [2.75, 3.05) is 7.05 Å². The van der Waals surface area contributed by atoms with E-state index < -0.39 is 18.3 Å². The molecule has 2 nitrogen and oxygen atoms in total. The van der Waals surface area contributed by atoms with Crippen LogP contribution >= 0.6 is 23.2 Å². The highest BCUT2D eigenvalue weighted by Gasteiger charge is 2.50. The first-order valence-electron chi connectivity index (χ1n) is 5.01. The zero-order valence-corrected chi connectivity index (χ0v) is 11.2. The molecule has 0 aliphatic rings. The van der Waals surface area contributed by atoms with E-state index in [1.807, 2.05) is 0 Å². The second kappa shape index (κ2) is 5.96. The number of amides is 1. The van der Waals surface area contributed by atoms with E-state index in [0.717, 1.165) is 7.05 Å². The van der Waals surface area contributed by atoms with Crippen LogP contribution in [0.5, 0.6) is 0 Å². The standard InChI is InChI=1S/C11H9Cl2F4NO/c1-18(10(19)11(16,17)9(14)15)5-6-2-3-7(12)4-8(6)13/h2-4,9H,5H2,1H3. The van der Waals surface area contributed by atoms with Crippen LogP contribution in [0.1, 0.15) is 5.56 Å². The van der Waals surface area contributed by atoms with E-state index >= 15 is 0 Å². The second-order valence-electron chi connectivity index (χ2n) is 3.82. The summed E-state index contributed by atoms with van der Waals surface area (Å²) in [6, 6.07) is 4.24. The predicted molar refractivity (Wildman–Crippen MR) is 63.9 cm³/mol. The lowest BCUT2D eigenvalue weighted by Crippen LogP contribution is -2.45. The minimum absolute atomic E-state index is 0.160. The third-order valence-corrected chi connectivity index (χ3v) is 2.92. The van der Waals surface area contributed by atoms with E-state index in [1.165, 1.54) is 18.2 Å². The first kappa shape index (κ1) is 16.0. The molecule has 0 heterocycles. The molecule has 1 rings (SSSR count). The number of carbonyl (C=O) groups is 1. The van der Waals surface area contributed by atoms with Crippen molar-refractivity contribution in [2.45, 2.75) is 18.9 Å². The molecule has 19 heavy (non-hydrogen) atoms. The normalized spacial score (nSPS) is 11.8. The molecule has 0 bridgehead atoms. The molecule has 0 aliphatic heterocycles. The summed E-state index contributed by atoms with van der Waals surface area (Å²) in [5, 5.41) is 0.494. The van der Waals surface area contributed by atoms with Gasteiger partial charge in [0, 0.05) is 23.6 Å². The van der Waals surface area contributed by atoms with Crippen molar-refractivity contribution in [3.63, 3.8) is 0 Å². The van der Waals surface area contributed by atoms with E-state index in [9.17, 15) is 22.4 Å². The van der Waals surface area contributed by atoms with Crippen molar-refractivity contribution >= 4 is 29.1 Å². The van der Waals surface area contributed by atoms with E-state index in [1.54, 1.807) is 0 Å². The number of rotatable bonds is 4. The highest BCUT2D eigenvalue weighted by Crippen LogP contribution is 2.27. The van der Waals surface area contributed by atoms with Crippen LogP contribution in [0.25, 0.3) is 0 Å². The number of carbonyl (C=O) groups excluding carboxylic acids is 1. The highest BCUT2D eigenvalue weighted by molar-refractivity contribution is 6.35. The van der Waals surface area contributed by atoms with Crippen LogP contribution in [0.2, 0.25) is 10.0 Å². The molecule has 0 saturated heterocycles. The number of alkyl halides is 4. The molecule has 0 aromatic heterocycles. The fourth-order valence-corrected chi connectivity index (χ4v) is 1.79. The van der Waals surface area contributed by atoms with Gasteiger partial charge in [0.05, 0.1) is 0 Å². The van der Waals surface area contributed by atoms with E-state index in [-0.39, 0.29) is 11.6 Å². The maximum Gasteiger partial charge on any atom is 0.383 e. The van der Waals surface area contributed by atoms with Gasteiger partial charge < -0.3 is 4.90 Å². The Morgan fingerprint density at radius 3 is 2.42 bits per heavy atom. The molecular weight excluding hydrogens is 309 g/mol. The number of hydrogen-bond donors (Lipinski definition) is 0. The zero-order chi connectivity index (χ0) is 14.8. The van der Waals surface area contributed by atoms with Crippen LogP contribution < -0.4 is 0 Å². The summed E-state index contributed by atoms with van der Waals surface area (Å²) < 4.78 is 49.8. The average molecular weight is 318 g/mol. The molecule has 0 aliphatic carbocycles. The molecular formula is C11H9Cl2F4NO. The number of halogens is 6. The second-order valence-corrected chi connectivity index (χ2v) is 4.66. The molecule has 106 valence electrons. The van der Waals surface area contributed by atoms with Gasteiger partial charge in [0.15, 0.2) is 0 Å². The molecule has 0 spiro atoms. The first-order valence-corrected chi connectivity index (χ1v) is 5.77. The fourth-order valence-electron chi connectivity index (χ4n) is 1.33. The molecule has 0 unspecified atom stereocenters. The van der Waals surface area contributed by atoms with E-state index in [4.69, 9.17) is 23.2 Å². The minimum Gasteiger partial charge on any atom is -0.336 e. The van der Waals surface area contributed by atoms with Crippen molar-refractivity contribution < 1.29 is 22.4 Å². The van der Waals surface area contributed by atoms with Gasteiger partial charge in [0.1, 0.15) is 0 Å². The van der Waals surface area contributed by atoms with Gasteiger partial charge in [-0.1, -0.05) is 29.3 Å². The fraction of sp³-hybridized carbons (Fsp3) is 0.364. The minimum atomic E-state index is -4.71. The largest absolute Gasteiger partial charge is 0.383 e. The SMILES string of the molecule is CN(Cc1ccc(Cl)cc1Cl)C(=O)C(F)(F)C(F)F. The Balaban J connectivity index is 2.85. The van der Waals surface area contributed by atoms with Crippen LogP contribution in [0.3, 0.4) is 0 Å². The topological polar surface area (TPSA) is 20.3 Å². The van der Waals surface area contributed by atoms with Crippen molar-refractivity contribution in [2.24, 2.45) is 0 Å². The zero-order valence-electron chi connectivity index (χ0n) is 9.64. The Bertz CT molecular complexity index is 482. The Morgan fingerprint density at radius 2 is 1.95 bits per heavy atom. The third-order valence-electron chi connectivity index (χ3n) is 2.33. The maximum atomic E-state index is 12.9. The summed E-state index contributed by atoms with van der Waals surface area (Å²) in [6.45, 7) is -0.322. The molecule has 0 saturated carbocycles. The summed E-state index contributed by atoms with van der Waals surface area (Å²) in [5.41, 5.74) is 0.326. The van der Waals surface area contributed by atoms with E-state index in [2.05, 4.69) is 0 Å². The smallest absolute Gasteiger partial charge is 0.336 e. The van der Waals surface area contributed by atoms with Gasteiger partial charge in [-0.05, 0) is 17.7 Å².